The maximum absolute atomic E-state index is 12.3. The molecular weight excluding hydrogens is 288 g/mol. The maximum Gasteiger partial charge on any atom is 0.348 e. The summed E-state index contributed by atoms with van der Waals surface area (Å²) in [7, 11) is 0. The highest BCUT2D eigenvalue weighted by Crippen LogP contribution is 2.18. The van der Waals surface area contributed by atoms with Gasteiger partial charge in [0.2, 0.25) is 0 Å². The van der Waals surface area contributed by atoms with Gasteiger partial charge in [0, 0.05) is 10.7 Å². The Kier molecular flexibility index (Phi) is 3.35. The van der Waals surface area contributed by atoms with Gasteiger partial charge in [-0.1, -0.05) is 22.9 Å². The number of aromatic nitrogens is 3. The van der Waals surface area contributed by atoms with Gasteiger partial charge in [0.15, 0.2) is 0 Å². The number of hydrogen-bond donors (Lipinski definition) is 1. The highest BCUT2D eigenvalue weighted by molar-refractivity contribution is 6.31. The van der Waals surface area contributed by atoms with Crippen LogP contribution in [0.2, 0.25) is 5.02 Å². The number of fused-ring (bicyclic) bond motifs is 1. The summed E-state index contributed by atoms with van der Waals surface area (Å²) in [6.07, 6.45) is 0. The minimum Gasteiger partial charge on any atom is -0.306 e. The lowest BCUT2D eigenvalue weighted by Gasteiger charge is -2.07. The lowest BCUT2D eigenvalue weighted by Crippen LogP contribution is -2.20. The molecule has 3 rings (SSSR count). The van der Waals surface area contributed by atoms with Crippen LogP contribution < -0.4 is 5.32 Å². The van der Waals surface area contributed by atoms with Crippen molar-refractivity contribution in [2.45, 2.75) is 13.8 Å². The highest BCUT2D eigenvalue weighted by Gasteiger charge is 2.12. The molecule has 1 N–H and O–H groups in total. The molecule has 5 nitrogen and oxygen atoms in total. The number of nitrogens with zero attached hydrogens (tertiary/aromatic N) is 3. The molecule has 3 aromatic rings. The summed E-state index contributed by atoms with van der Waals surface area (Å²) >= 11 is 5.89. The number of hydrogen-bond acceptors (Lipinski definition) is 3. The van der Waals surface area contributed by atoms with Crippen LogP contribution in [0.15, 0.2) is 36.4 Å². The first kappa shape index (κ1) is 13.6. The van der Waals surface area contributed by atoms with Crippen molar-refractivity contribution in [2.75, 3.05) is 5.32 Å². The van der Waals surface area contributed by atoms with Gasteiger partial charge in [-0.2, -0.15) is 4.68 Å². The second kappa shape index (κ2) is 5.18. The Morgan fingerprint density at radius 1 is 1.14 bits per heavy atom. The van der Waals surface area contributed by atoms with Crippen LogP contribution in [0.4, 0.5) is 10.5 Å². The fourth-order valence-electron chi connectivity index (χ4n) is 2.04. The van der Waals surface area contributed by atoms with E-state index in [9.17, 15) is 4.79 Å². The molecular formula is C15H13ClN4O. The average molecular weight is 301 g/mol. The molecule has 0 saturated carbocycles. The zero-order valence-electron chi connectivity index (χ0n) is 11.6. The number of rotatable bonds is 1. The third-order valence-corrected chi connectivity index (χ3v) is 3.59. The third kappa shape index (κ3) is 2.60. The Hall–Kier alpha value is -2.40. The summed E-state index contributed by atoms with van der Waals surface area (Å²) in [5.41, 5.74) is 4.20. The van der Waals surface area contributed by atoms with Gasteiger partial charge in [-0.25, -0.2) is 4.79 Å². The number of carbonyl (C=O) groups is 1. The Morgan fingerprint density at radius 2 is 1.95 bits per heavy atom. The molecule has 2 aromatic carbocycles. The predicted octanol–water partition coefficient (Wildman–Crippen LogP) is 3.78. The minimum atomic E-state index is -0.358. The summed E-state index contributed by atoms with van der Waals surface area (Å²) < 4.78 is 1.22. The standard InChI is InChI=1S/C15H13ClN4O/c1-9-3-5-12(7-10(9)2)17-15(21)20-14-6-4-11(16)8-13(14)18-19-20/h3-8H,1-2H3,(H,17,21). The molecule has 6 heteroatoms. The number of nitrogens with one attached hydrogen (secondary N) is 1. The van der Waals surface area contributed by atoms with Crippen LogP contribution in [0.3, 0.4) is 0 Å². The zero-order valence-corrected chi connectivity index (χ0v) is 12.3. The monoisotopic (exact) mass is 300 g/mol. The van der Waals surface area contributed by atoms with Gasteiger partial charge >= 0.3 is 6.03 Å². The van der Waals surface area contributed by atoms with E-state index in [1.165, 1.54) is 10.2 Å². The molecule has 0 aliphatic carbocycles. The third-order valence-electron chi connectivity index (χ3n) is 3.36. The fraction of sp³-hybridized carbons (Fsp3) is 0.133. The van der Waals surface area contributed by atoms with Crippen molar-refractivity contribution in [3.05, 3.63) is 52.5 Å². The predicted molar refractivity (Wildman–Crippen MR) is 82.9 cm³/mol. The molecule has 1 aromatic heterocycles. The second-order valence-corrected chi connectivity index (χ2v) is 5.30. The van der Waals surface area contributed by atoms with Gasteiger partial charge in [-0.3, -0.25) is 0 Å². The number of amides is 1. The molecule has 0 atom stereocenters. The van der Waals surface area contributed by atoms with E-state index < -0.39 is 0 Å². The van der Waals surface area contributed by atoms with E-state index in [1.54, 1.807) is 18.2 Å². The van der Waals surface area contributed by atoms with E-state index in [2.05, 4.69) is 15.6 Å². The number of carbonyl (C=O) groups excluding carboxylic acids is 1. The smallest absolute Gasteiger partial charge is 0.306 e. The van der Waals surface area contributed by atoms with Crippen LogP contribution >= 0.6 is 11.6 Å². The van der Waals surface area contributed by atoms with Crippen molar-refractivity contribution in [1.29, 1.82) is 0 Å². The molecule has 0 bridgehead atoms. The van der Waals surface area contributed by atoms with E-state index in [0.29, 0.717) is 16.1 Å². The van der Waals surface area contributed by atoms with Crippen molar-refractivity contribution in [1.82, 2.24) is 15.0 Å². The van der Waals surface area contributed by atoms with E-state index >= 15 is 0 Å². The van der Waals surface area contributed by atoms with Crippen LogP contribution in [0, 0.1) is 13.8 Å². The fourth-order valence-corrected chi connectivity index (χ4v) is 2.21. The van der Waals surface area contributed by atoms with Crippen molar-refractivity contribution in [3.63, 3.8) is 0 Å². The topological polar surface area (TPSA) is 59.8 Å². The number of anilines is 1. The summed E-state index contributed by atoms with van der Waals surface area (Å²) in [4.78, 5) is 12.3. The molecule has 106 valence electrons. The molecule has 0 saturated heterocycles. The van der Waals surface area contributed by atoms with E-state index in [0.717, 1.165) is 11.3 Å². The van der Waals surface area contributed by atoms with Crippen LogP contribution in [0.1, 0.15) is 11.1 Å². The van der Waals surface area contributed by atoms with Gasteiger partial charge in [-0.15, -0.1) is 5.10 Å². The molecule has 0 spiro atoms. The van der Waals surface area contributed by atoms with Crippen molar-refractivity contribution in [2.24, 2.45) is 0 Å². The van der Waals surface area contributed by atoms with Crippen molar-refractivity contribution < 1.29 is 4.79 Å². The van der Waals surface area contributed by atoms with Gasteiger partial charge in [0.1, 0.15) is 5.52 Å². The van der Waals surface area contributed by atoms with Gasteiger partial charge < -0.3 is 5.32 Å². The Labute approximate surface area is 126 Å². The van der Waals surface area contributed by atoms with Crippen LogP contribution in [0.25, 0.3) is 11.0 Å². The van der Waals surface area contributed by atoms with Crippen LogP contribution in [-0.2, 0) is 0 Å². The molecule has 0 radical (unpaired) electrons. The molecule has 1 amide bonds. The van der Waals surface area contributed by atoms with Crippen LogP contribution in [0.5, 0.6) is 0 Å². The first-order valence-corrected chi connectivity index (χ1v) is 6.82. The lowest BCUT2D eigenvalue weighted by molar-refractivity contribution is 0.251. The molecule has 0 aliphatic rings. The Balaban J connectivity index is 1.91. The average Bonchev–Trinajstić information content (AvgIpc) is 2.85. The Morgan fingerprint density at radius 3 is 2.71 bits per heavy atom. The summed E-state index contributed by atoms with van der Waals surface area (Å²) in [6.45, 7) is 4.02. The summed E-state index contributed by atoms with van der Waals surface area (Å²) in [5.74, 6) is 0. The van der Waals surface area contributed by atoms with E-state index in [1.807, 2.05) is 32.0 Å². The highest BCUT2D eigenvalue weighted by atomic mass is 35.5. The number of halogens is 1. The van der Waals surface area contributed by atoms with Gasteiger partial charge in [-0.05, 0) is 55.3 Å². The molecule has 21 heavy (non-hydrogen) atoms. The molecule has 1 heterocycles. The largest absolute Gasteiger partial charge is 0.348 e. The quantitative estimate of drug-likeness (QED) is 0.744. The Bertz CT molecular complexity index is 841. The zero-order chi connectivity index (χ0) is 15.0. The van der Waals surface area contributed by atoms with Crippen molar-refractivity contribution in [3.8, 4) is 0 Å². The van der Waals surface area contributed by atoms with Crippen LogP contribution in [-0.4, -0.2) is 21.0 Å². The van der Waals surface area contributed by atoms with E-state index in [4.69, 9.17) is 11.6 Å². The summed E-state index contributed by atoms with van der Waals surface area (Å²) in [6, 6.07) is 10.5. The number of aryl methyl sites for hydroxylation is 2. The normalized spacial score (nSPS) is 10.8. The molecule has 0 aliphatic heterocycles. The number of benzene rings is 2. The first-order chi connectivity index (χ1) is 10.0. The molecule has 0 fully saturated rings. The van der Waals surface area contributed by atoms with Crippen molar-refractivity contribution >= 4 is 34.4 Å². The molecule has 0 unspecified atom stereocenters. The SMILES string of the molecule is Cc1ccc(NC(=O)n2nnc3cc(Cl)ccc32)cc1C. The first-order valence-electron chi connectivity index (χ1n) is 6.44. The van der Waals surface area contributed by atoms with Gasteiger partial charge in [0.25, 0.3) is 0 Å². The van der Waals surface area contributed by atoms with Gasteiger partial charge in [0.05, 0.1) is 5.52 Å². The maximum atomic E-state index is 12.3. The second-order valence-electron chi connectivity index (χ2n) is 4.86. The lowest BCUT2D eigenvalue weighted by atomic mass is 10.1. The summed E-state index contributed by atoms with van der Waals surface area (Å²) in [5, 5.41) is 11.2. The minimum absolute atomic E-state index is 0.358. The van der Waals surface area contributed by atoms with E-state index in [-0.39, 0.29) is 6.03 Å².